The van der Waals surface area contributed by atoms with Crippen molar-refractivity contribution in [2.45, 2.75) is 32.7 Å². The first kappa shape index (κ1) is 13.2. The largest absolute Gasteiger partial charge is 0.396 e. The van der Waals surface area contributed by atoms with Gasteiger partial charge < -0.3 is 21.3 Å². The summed E-state index contributed by atoms with van der Waals surface area (Å²) in [6.07, 6.45) is 0. The quantitative estimate of drug-likeness (QED) is 0.603. The molecule has 5 N–H and O–H groups in total. The number of aliphatic hydroxyl groups is 2. The van der Waals surface area contributed by atoms with Crippen LogP contribution in [0, 0.1) is 5.41 Å². The van der Waals surface area contributed by atoms with Gasteiger partial charge in [-0.05, 0) is 0 Å². The molecular formula is C12H22N4O2. The molecule has 18 heavy (non-hydrogen) atoms. The van der Waals surface area contributed by atoms with E-state index >= 15 is 0 Å². The molecule has 0 saturated carbocycles. The van der Waals surface area contributed by atoms with Gasteiger partial charge in [0.25, 0.3) is 0 Å². The second kappa shape index (κ2) is 4.13. The number of aliphatic hydroxyl groups excluding tert-OH is 2. The minimum atomic E-state index is -0.569. The number of nitrogens with zero attached hydrogens (tertiary/aromatic N) is 2. The van der Waals surface area contributed by atoms with Gasteiger partial charge >= 0.3 is 0 Å². The molecule has 0 aromatic carbocycles. The molecule has 0 unspecified atom stereocenters. The van der Waals surface area contributed by atoms with E-state index < -0.39 is 5.41 Å². The van der Waals surface area contributed by atoms with Crippen LogP contribution in [0.25, 0.3) is 0 Å². The Balaban J connectivity index is 2.41. The van der Waals surface area contributed by atoms with Crippen LogP contribution in [-0.4, -0.2) is 39.8 Å². The molecule has 0 radical (unpaired) electrons. The Hall–Kier alpha value is -1.27. The SMILES string of the molecule is CC(C)(C)c1nn2c(c1N)NCC(CO)(CO)C2. The van der Waals surface area contributed by atoms with Gasteiger partial charge in [0.2, 0.25) is 0 Å². The molecule has 0 atom stereocenters. The van der Waals surface area contributed by atoms with Crippen LogP contribution < -0.4 is 11.1 Å². The highest BCUT2D eigenvalue weighted by atomic mass is 16.3. The van der Waals surface area contributed by atoms with Crippen molar-refractivity contribution in [3.63, 3.8) is 0 Å². The Kier molecular flexibility index (Phi) is 3.03. The molecule has 6 nitrogen and oxygen atoms in total. The lowest BCUT2D eigenvalue weighted by atomic mass is 9.88. The number of anilines is 2. The molecule has 2 heterocycles. The van der Waals surface area contributed by atoms with E-state index in [4.69, 9.17) is 5.73 Å². The third-order valence-corrected chi connectivity index (χ3v) is 3.49. The summed E-state index contributed by atoms with van der Waals surface area (Å²) >= 11 is 0. The smallest absolute Gasteiger partial charge is 0.148 e. The number of fused-ring (bicyclic) bond motifs is 1. The highest BCUT2D eigenvalue weighted by molar-refractivity contribution is 5.67. The van der Waals surface area contributed by atoms with Gasteiger partial charge in [-0.1, -0.05) is 20.8 Å². The normalized spacial score (nSPS) is 18.3. The van der Waals surface area contributed by atoms with Gasteiger partial charge in [-0.2, -0.15) is 5.10 Å². The molecule has 1 aromatic heterocycles. The number of nitrogens with one attached hydrogen (secondary N) is 1. The molecule has 0 spiro atoms. The topological polar surface area (TPSA) is 96.3 Å². The van der Waals surface area contributed by atoms with Gasteiger partial charge in [-0.25, -0.2) is 4.68 Å². The zero-order valence-electron chi connectivity index (χ0n) is 11.2. The minimum absolute atomic E-state index is 0.0828. The lowest BCUT2D eigenvalue weighted by Gasteiger charge is -2.34. The Morgan fingerprint density at radius 1 is 1.39 bits per heavy atom. The first-order valence-electron chi connectivity index (χ1n) is 6.15. The van der Waals surface area contributed by atoms with Crippen LogP contribution >= 0.6 is 0 Å². The number of hydrogen-bond donors (Lipinski definition) is 4. The highest BCUT2D eigenvalue weighted by Crippen LogP contribution is 2.36. The van der Waals surface area contributed by atoms with Crippen LogP contribution in [0.4, 0.5) is 11.5 Å². The van der Waals surface area contributed by atoms with E-state index in [0.717, 1.165) is 11.5 Å². The Labute approximate surface area is 107 Å². The Bertz CT molecular complexity index is 444. The van der Waals surface area contributed by atoms with Crippen LogP contribution in [0.5, 0.6) is 0 Å². The minimum Gasteiger partial charge on any atom is -0.396 e. The van der Waals surface area contributed by atoms with Crippen molar-refractivity contribution in [2.75, 3.05) is 30.8 Å². The number of aromatic nitrogens is 2. The molecule has 0 bridgehead atoms. The van der Waals surface area contributed by atoms with Crippen molar-refractivity contribution < 1.29 is 10.2 Å². The maximum atomic E-state index is 9.43. The summed E-state index contributed by atoms with van der Waals surface area (Å²) in [4.78, 5) is 0. The molecule has 0 fully saturated rings. The Morgan fingerprint density at radius 3 is 2.50 bits per heavy atom. The summed E-state index contributed by atoms with van der Waals surface area (Å²) in [5.41, 5.74) is 6.92. The summed E-state index contributed by atoms with van der Waals surface area (Å²) in [6.45, 7) is 6.98. The molecule has 1 aromatic rings. The molecule has 2 rings (SSSR count). The van der Waals surface area contributed by atoms with Crippen LogP contribution in [0.1, 0.15) is 26.5 Å². The lowest BCUT2D eigenvalue weighted by molar-refractivity contribution is 0.0425. The van der Waals surface area contributed by atoms with Gasteiger partial charge in [0.05, 0.1) is 36.6 Å². The van der Waals surface area contributed by atoms with Gasteiger partial charge in [0.15, 0.2) is 0 Å². The second-order valence-corrected chi connectivity index (χ2v) is 6.19. The van der Waals surface area contributed by atoms with Gasteiger partial charge in [0.1, 0.15) is 5.82 Å². The molecule has 1 aliphatic heterocycles. The third-order valence-electron chi connectivity index (χ3n) is 3.49. The highest BCUT2D eigenvalue weighted by Gasteiger charge is 2.37. The molecular weight excluding hydrogens is 232 g/mol. The van der Waals surface area contributed by atoms with Crippen LogP contribution in [-0.2, 0) is 12.0 Å². The van der Waals surface area contributed by atoms with Gasteiger partial charge in [-0.15, -0.1) is 0 Å². The van der Waals surface area contributed by atoms with Crippen molar-refractivity contribution in [1.29, 1.82) is 0 Å². The van der Waals surface area contributed by atoms with Gasteiger partial charge in [-0.3, -0.25) is 0 Å². The predicted octanol–water partition coefficient (Wildman–Crippen LogP) is 0.159. The molecule has 6 heteroatoms. The predicted molar refractivity (Wildman–Crippen MR) is 70.4 cm³/mol. The number of rotatable bonds is 2. The van der Waals surface area contributed by atoms with Gasteiger partial charge in [0, 0.05) is 12.0 Å². The van der Waals surface area contributed by atoms with Crippen LogP contribution in [0.15, 0.2) is 0 Å². The molecule has 0 amide bonds. The molecule has 102 valence electrons. The van der Waals surface area contributed by atoms with E-state index in [2.05, 4.69) is 31.2 Å². The maximum Gasteiger partial charge on any atom is 0.148 e. The number of nitrogen functional groups attached to an aromatic ring is 1. The first-order valence-corrected chi connectivity index (χ1v) is 6.15. The number of hydrogen-bond acceptors (Lipinski definition) is 5. The zero-order chi connectivity index (χ0) is 13.6. The Morgan fingerprint density at radius 2 is 2.00 bits per heavy atom. The fraction of sp³-hybridized carbons (Fsp3) is 0.750. The summed E-state index contributed by atoms with van der Waals surface area (Å²) in [5.74, 6) is 0.789. The lowest BCUT2D eigenvalue weighted by Crippen LogP contribution is -2.45. The summed E-state index contributed by atoms with van der Waals surface area (Å²) in [7, 11) is 0. The molecule has 0 saturated heterocycles. The first-order chi connectivity index (χ1) is 8.33. The third kappa shape index (κ3) is 1.95. The van der Waals surface area contributed by atoms with E-state index in [1.807, 2.05) is 0 Å². The molecule has 1 aliphatic rings. The second-order valence-electron chi connectivity index (χ2n) is 6.19. The summed E-state index contributed by atoms with van der Waals surface area (Å²) in [6, 6.07) is 0. The van der Waals surface area contributed by atoms with E-state index in [9.17, 15) is 10.2 Å². The zero-order valence-corrected chi connectivity index (χ0v) is 11.2. The molecule has 0 aliphatic carbocycles. The van der Waals surface area contributed by atoms with Crippen molar-refractivity contribution in [3.8, 4) is 0 Å². The average Bonchev–Trinajstić information content (AvgIpc) is 2.65. The fourth-order valence-electron chi connectivity index (χ4n) is 2.24. The average molecular weight is 254 g/mol. The van der Waals surface area contributed by atoms with Crippen molar-refractivity contribution in [3.05, 3.63) is 5.69 Å². The fourth-order valence-corrected chi connectivity index (χ4v) is 2.24. The summed E-state index contributed by atoms with van der Waals surface area (Å²) < 4.78 is 1.76. The van der Waals surface area contributed by atoms with Crippen LogP contribution in [0.3, 0.4) is 0 Å². The van der Waals surface area contributed by atoms with Crippen molar-refractivity contribution in [1.82, 2.24) is 9.78 Å². The van der Waals surface area contributed by atoms with Crippen molar-refractivity contribution in [2.24, 2.45) is 5.41 Å². The standard InChI is InChI=1S/C12H22N4O2/c1-11(2,3)9-8(13)10-14-4-12(6-17,7-18)5-16(10)15-9/h14,17-18H,4-7,13H2,1-3H3. The van der Waals surface area contributed by atoms with Crippen LogP contribution in [0.2, 0.25) is 0 Å². The summed E-state index contributed by atoms with van der Waals surface area (Å²) in [5, 5.41) is 26.6. The van der Waals surface area contributed by atoms with Crippen molar-refractivity contribution >= 4 is 11.5 Å². The van der Waals surface area contributed by atoms with E-state index in [-0.39, 0.29) is 18.6 Å². The van der Waals surface area contributed by atoms with E-state index in [1.165, 1.54) is 0 Å². The maximum absolute atomic E-state index is 9.43. The van der Waals surface area contributed by atoms with E-state index in [0.29, 0.717) is 18.8 Å². The number of nitrogens with two attached hydrogens (primary N) is 1. The van der Waals surface area contributed by atoms with E-state index in [1.54, 1.807) is 4.68 Å². The monoisotopic (exact) mass is 254 g/mol.